The summed E-state index contributed by atoms with van der Waals surface area (Å²) in [4.78, 5) is 27.7. The molecule has 20 heteroatoms. The zero-order valence-electron chi connectivity index (χ0n) is 61.4. The fourth-order valence-corrected chi connectivity index (χ4v) is 15.1. The van der Waals surface area contributed by atoms with E-state index in [1.165, 1.54) is 12.2 Å². The van der Waals surface area contributed by atoms with Crippen LogP contribution in [0.5, 0.6) is 0 Å². The smallest absolute Gasteiger partial charge is 0.331 e. The summed E-state index contributed by atoms with van der Waals surface area (Å²) in [7, 11) is 6.57. The maximum Gasteiger partial charge on any atom is 0.331 e. The van der Waals surface area contributed by atoms with E-state index >= 15 is 0 Å². The van der Waals surface area contributed by atoms with Gasteiger partial charge in [0, 0.05) is 95.9 Å². The third-order valence-electron chi connectivity index (χ3n) is 21.7. The number of ether oxygens (including phenoxy) is 10. The van der Waals surface area contributed by atoms with E-state index in [1.54, 1.807) is 54.4 Å². The van der Waals surface area contributed by atoms with Gasteiger partial charge < -0.3 is 88.2 Å². The van der Waals surface area contributed by atoms with E-state index in [0.717, 1.165) is 25.7 Å². The molecule has 0 spiro atoms. The Kier molecular flexibility index (Phi) is 37.4. The third kappa shape index (κ3) is 28.8. The van der Waals surface area contributed by atoms with Crippen molar-refractivity contribution >= 4 is 11.9 Å². The highest BCUT2D eigenvalue weighted by Gasteiger charge is 2.42. The molecule has 3 unspecified atom stereocenters. The lowest BCUT2D eigenvalue weighted by Gasteiger charge is -2.38. The average molecular weight is 1380 g/mol. The van der Waals surface area contributed by atoms with Crippen molar-refractivity contribution < 1.29 is 97.8 Å². The molecule has 8 N–H and O–H groups in total. The molecule has 5 aliphatic heterocycles. The summed E-state index contributed by atoms with van der Waals surface area (Å²) in [5.74, 6) is -5.00. The molecule has 20 nitrogen and oxygen atoms in total. The largest absolute Gasteiger partial charge is 0.458 e. The predicted molar refractivity (Wildman–Crippen MR) is 373 cm³/mol. The van der Waals surface area contributed by atoms with Crippen molar-refractivity contribution in [2.24, 2.45) is 41.4 Å². The van der Waals surface area contributed by atoms with Gasteiger partial charge in [0.1, 0.15) is 12.2 Å². The van der Waals surface area contributed by atoms with Crippen LogP contribution < -0.4 is 0 Å². The first kappa shape index (κ1) is 84.4. The molecular formula is C77H130O20. The van der Waals surface area contributed by atoms with E-state index < -0.39 is 127 Å². The normalized spacial score (nSPS) is 40.3. The topological polar surface area (TPSA) is 288 Å². The molecule has 2 saturated heterocycles. The zero-order chi connectivity index (χ0) is 71.6. The summed E-state index contributed by atoms with van der Waals surface area (Å²) in [6.07, 6.45) is 14.5. The lowest BCUT2D eigenvalue weighted by atomic mass is 9.78. The van der Waals surface area contributed by atoms with Crippen LogP contribution in [-0.2, 0) is 57.0 Å². The van der Waals surface area contributed by atoms with E-state index in [2.05, 4.69) is 0 Å². The number of rotatable bonds is 16. The number of aliphatic hydroxyl groups excluding tert-OH is 8. The second-order valence-electron chi connectivity index (χ2n) is 29.9. The number of methoxy groups -OCH3 is 4. The van der Waals surface area contributed by atoms with Crippen LogP contribution in [0.4, 0.5) is 0 Å². The van der Waals surface area contributed by atoms with E-state index in [-0.39, 0.29) is 106 Å². The fourth-order valence-electron chi connectivity index (χ4n) is 15.1. The summed E-state index contributed by atoms with van der Waals surface area (Å²) in [6, 6.07) is 0. The third-order valence-corrected chi connectivity index (χ3v) is 21.7. The Bertz CT molecular complexity index is 2450. The van der Waals surface area contributed by atoms with E-state index in [0.29, 0.717) is 62.5 Å². The molecule has 5 rings (SSSR count). The first-order valence-electron chi connectivity index (χ1n) is 36.6. The minimum absolute atomic E-state index is 0.0265. The molecule has 97 heavy (non-hydrogen) atoms. The summed E-state index contributed by atoms with van der Waals surface area (Å²) in [6.45, 7) is 20.7. The lowest BCUT2D eigenvalue weighted by molar-refractivity contribution is -0.158. The summed E-state index contributed by atoms with van der Waals surface area (Å²) in [5, 5.41) is 93.9. The molecule has 0 aromatic rings. The van der Waals surface area contributed by atoms with Crippen molar-refractivity contribution in [3.05, 3.63) is 71.9 Å². The minimum atomic E-state index is -1.16. The Morgan fingerprint density at radius 2 is 0.856 bits per heavy atom. The highest BCUT2D eigenvalue weighted by molar-refractivity contribution is 5.83. The Balaban J connectivity index is 1.35. The molecule has 0 saturated carbocycles. The molecule has 4 bridgehead atoms. The van der Waals surface area contributed by atoms with Crippen LogP contribution in [0.1, 0.15) is 198 Å². The highest BCUT2D eigenvalue weighted by atomic mass is 16.6. The van der Waals surface area contributed by atoms with Gasteiger partial charge in [0.05, 0.1) is 122 Å². The molecule has 0 aromatic heterocycles. The molecule has 0 aliphatic carbocycles. The quantitative estimate of drug-likeness (QED) is 0.0527. The molecular weight excluding hydrogens is 1240 g/mol. The number of hydrogen-bond acceptors (Lipinski definition) is 20. The van der Waals surface area contributed by atoms with Gasteiger partial charge in [-0.25, -0.2) is 9.59 Å². The van der Waals surface area contributed by atoms with Crippen molar-refractivity contribution in [1.29, 1.82) is 0 Å². The van der Waals surface area contributed by atoms with Crippen LogP contribution in [0, 0.1) is 41.4 Å². The van der Waals surface area contributed by atoms with Gasteiger partial charge in [-0.15, -0.1) is 0 Å². The van der Waals surface area contributed by atoms with Crippen LogP contribution in [0.2, 0.25) is 0 Å². The second kappa shape index (κ2) is 43.0. The summed E-state index contributed by atoms with van der Waals surface area (Å²) >= 11 is 0. The molecule has 5 heterocycles. The monoisotopic (exact) mass is 1370 g/mol. The average Bonchev–Trinajstić information content (AvgIpc) is 0.861. The Morgan fingerprint density at radius 1 is 0.454 bits per heavy atom. The van der Waals surface area contributed by atoms with Crippen LogP contribution in [0.25, 0.3) is 0 Å². The van der Waals surface area contributed by atoms with Gasteiger partial charge >= 0.3 is 11.9 Å². The van der Waals surface area contributed by atoms with Gasteiger partial charge in [-0.1, -0.05) is 108 Å². The van der Waals surface area contributed by atoms with Crippen LogP contribution in [0.15, 0.2) is 71.9 Å². The molecule has 0 aromatic carbocycles. The maximum absolute atomic E-state index is 13.9. The second-order valence-corrected chi connectivity index (χ2v) is 29.9. The van der Waals surface area contributed by atoms with Gasteiger partial charge in [0.25, 0.3) is 0 Å². The number of aliphatic hydroxyl groups is 8. The first-order chi connectivity index (χ1) is 46.0. The number of cyclic esters (lactones) is 2. The number of hydrogen-bond donors (Lipinski definition) is 8. The highest BCUT2D eigenvalue weighted by Crippen LogP contribution is 2.36. The van der Waals surface area contributed by atoms with Gasteiger partial charge in [-0.2, -0.15) is 0 Å². The maximum atomic E-state index is 13.9. The molecule has 0 radical (unpaired) electrons. The lowest BCUT2D eigenvalue weighted by Crippen LogP contribution is -2.45. The number of allylic oxidation sites excluding steroid dienone is 4. The zero-order valence-corrected chi connectivity index (χ0v) is 61.4. The number of esters is 2. The van der Waals surface area contributed by atoms with Gasteiger partial charge in [-0.05, 0) is 136 Å². The molecule has 2 fully saturated rings. The van der Waals surface area contributed by atoms with E-state index in [1.807, 2.05) is 98.8 Å². The van der Waals surface area contributed by atoms with E-state index in [9.17, 15) is 50.4 Å². The SMILES string of the molecule is COC1C[C@H](O)CC(O)[C@H](C)[C@@H]([C@@H](C)[C@@H](O)[C@@H](C)CC[C@H]2C[C@H](OC)C[C@@H](C)O2)OC(=O)C=C/C(C)=C/C[C@@H](O)C[C@@H]2C=CC[C@@H](C[C@@H](OC)[C@@H](C)[C@@H](O)C[C@@H](O)[C@@H](C)[C@@H]([C@@H](C)[C@@H](O)[C@@H](C)CC[C@H]3C[C@H](OC)C[C@@H](C)O3)OC(=O)/C=C/C(C)=C\CC(O)C[C@@H]3C=CC[C@H](C1)O3)O2. The number of carbonyl (C=O) groups is 2. The number of carbonyl (C=O) groups excluding carboxylic acids is 2. The minimum Gasteiger partial charge on any atom is -0.458 e. The van der Waals surface area contributed by atoms with E-state index in [4.69, 9.17) is 47.4 Å². The molecule has 558 valence electrons. The van der Waals surface area contributed by atoms with Gasteiger partial charge in [-0.3, -0.25) is 0 Å². The Labute approximate surface area is 581 Å². The van der Waals surface area contributed by atoms with Crippen molar-refractivity contribution in [2.45, 2.75) is 332 Å². The van der Waals surface area contributed by atoms with Crippen molar-refractivity contribution in [3.63, 3.8) is 0 Å². The Hall–Kier alpha value is -3.26. The van der Waals surface area contributed by atoms with Crippen LogP contribution >= 0.6 is 0 Å². The Morgan fingerprint density at radius 3 is 1.28 bits per heavy atom. The fraction of sp³-hybridized carbons (Fsp3) is 0.818. The first-order valence-corrected chi connectivity index (χ1v) is 36.6. The van der Waals surface area contributed by atoms with Crippen LogP contribution in [0.3, 0.4) is 0 Å². The van der Waals surface area contributed by atoms with Gasteiger partial charge in [0.15, 0.2) is 0 Å². The number of fused-ring (bicyclic) bond motifs is 4. The summed E-state index contributed by atoms with van der Waals surface area (Å²) < 4.78 is 61.1. The molecule has 29 atom stereocenters. The summed E-state index contributed by atoms with van der Waals surface area (Å²) in [5.41, 5.74) is 1.39. The molecule has 5 aliphatic rings. The molecule has 0 amide bonds. The standard InChI is InChI=1S/C77H130O20/c1-45-22-28-56(78)36-59-18-16-20-61(94-59)40-67(90-14)38-58(80)39-68(81)52(8)76(54(10)74(86)47(3)26-30-63-41-65(88-12)34-49(5)92-63)96-72(84)32-24-46(2)23-29-57(79)37-60-19-17-21-62(95-60)43-71(91-15)51(7)69(82)44-70(83)53(9)77(97-73(85)33-25-45)55(11)75(87)48(4)27-31-64-42-66(89-13)35-50(6)93-64/h16-19,22-25,32-33,47-71,74-83,86-87H,20-21,26-31,34-44H2,1-15H3/b32-24?,33-25+,45-22-,46-23+/t47-,48-,49+,50+,51-,52-,53+,54-,55-,56?,57+,58-,59-,60-,61+,62-,63-,64-,65+,66+,67?,68?,69-,70+,71+,74-,75-,76-,77-/m0/s1. The van der Waals surface area contributed by atoms with Crippen LogP contribution in [-0.4, -0.2) is 216 Å². The van der Waals surface area contributed by atoms with Crippen molar-refractivity contribution in [1.82, 2.24) is 0 Å². The van der Waals surface area contributed by atoms with Crippen molar-refractivity contribution in [3.8, 4) is 0 Å². The van der Waals surface area contributed by atoms with Gasteiger partial charge in [0.2, 0.25) is 0 Å². The van der Waals surface area contributed by atoms with Crippen molar-refractivity contribution in [2.75, 3.05) is 28.4 Å². The predicted octanol–water partition coefficient (Wildman–Crippen LogP) is 9.86.